The zero-order valence-electron chi connectivity index (χ0n) is 10.7. The topological polar surface area (TPSA) is 75.3 Å². The summed E-state index contributed by atoms with van der Waals surface area (Å²) in [6.07, 6.45) is 0. The van der Waals surface area contributed by atoms with Gasteiger partial charge in [-0.3, -0.25) is 9.52 Å². The number of anilines is 2. The second kappa shape index (κ2) is 6.35. The van der Waals surface area contributed by atoms with Crippen molar-refractivity contribution in [2.45, 2.75) is 11.1 Å². The number of carbonyl (C=O) groups is 1. The van der Waals surface area contributed by atoms with Crippen LogP contribution in [0.5, 0.6) is 0 Å². The molecule has 1 aromatic carbocycles. The Labute approximate surface area is 139 Å². The molecular weight excluding hydrogens is 400 g/mol. The third-order valence-electron chi connectivity index (χ3n) is 2.36. The highest BCUT2D eigenvalue weighted by Gasteiger charge is 2.19. The standard InChI is InChI=1S/C12H10BrClN2O3S2/c1-7(17)15-11-3-2-8(6-10(11)14)16-21(18,19)12-9(13)4-5-20-12/h2-6,16H,1H3,(H,15,17). The van der Waals surface area contributed by atoms with Gasteiger partial charge in [0.2, 0.25) is 5.91 Å². The molecule has 21 heavy (non-hydrogen) atoms. The largest absolute Gasteiger partial charge is 0.325 e. The maximum atomic E-state index is 12.2. The van der Waals surface area contributed by atoms with Crippen molar-refractivity contribution < 1.29 is 13.2 Å². The Morgan fingerprint density at radius 2 is 2.05 bits per heavy atom. The molecule has 0 fully saturated rings. The molecule has 0 atom stereocenters. The van der Waals surface area contributed by atoms with E-state index in [-0.39, 0.29) is 15.1 Å². The molecule has 0 spiro atoms. The van der Waals surface area contributed by atoms with Gasteiger partial charge < -0.3 is 5.32 Å². The maximum absolute atomic E-state index is 12.2. The van der Waals surface area contributed by atoms with Gasteiger partial charge in [-0.15, -0.1) is 11.3 Å². The van der Waals surface area contributed by atoms with Gasteiger partial charge in [0, 0.05) is 11.4 Å². The molecule has 0 aliphatic rings. The zero-order chi connectivity index (χ0) is 15.6. The van der Waals surface area contributed by atoms with E-state index in [1.54, 1.807) is 11.4 Å². The minimum absolute atomic E-state index is 0.185. The Morgan fingerprint density at radius 3 is 2.57 bits per heavy atom. The summed E-state index contributed by atoms with van der Waals surface area (Å²) in [7, 11) is -3.68. The predicted molar refractivity (Wildman–Crippen MR) is 88.6 cm³/mol. The number of amides is 1. The molecule has 0 radical (unpaired) electrons. The maximum Gasteiger partial charge on any atom is 0.272 e. The lowest BCUT2D eigenvalue weighted by molar-refractivity contribution is -0.114. The van der Waals surface area contributed by atoms with Crippen LogP contribution < -0.4 is 10.0 Å². The van der Waals surface area contributed by atoms with Gasteiger partial charge in [-0.25, -0.2) is 8.42 Å². The third kappa shape index (κ3) is 3.97. The van der Waals surface area contributed by atoms with Crippen molar-refractivity contribution in [2.24, 2.45) is 0 Å². The van der Waals surface area contributed by atoms with E-state index in [2.05, 4.69) is 26.0 Å². The van der Waals surface area contributed by atoms with Gasteiger partial charge in [0.05, 0.1) is 16.4 Å². The lowest BCUT2D eigenvalue weighted by atomic mass is 10.3. The number of hydrogen-bond donors (Lipinski definition) is 2. The predicted octanol–water partition coefficient (Wildman–Crippen LogP) is 3.92. The van der Waals surface area contributed by atoms with E-state index >= 15 is 0 Å². The zero-order valence-corrected chi connectivity index (χ0v) is 14.7. The van der Waals surface area contributed by atoms with E-state index in [9.17, 15) is 13.2 Å². The van der Waals surface area contributed by atoms with Gasteiger partial charge >= 0.3 is 0 Å². The molecule has 0 aliphatic carbocycles. The summed E-state index contributed by atoms with van der Waals surface area (Å²) in [5.41, 5.74) is 0.735. The number of sulfonamides is 1. The fraction of sp³-hybridized carbons (Fsp3) is 0.0833. The minimum atomic E-state index is -3.68. The molecule has 0 bridgehead atoms. The molecule has 0 aliphatic heterocycles. The summed E-state index contributed by atoms with van der Waals surface area (Å²) >= 11 is 10.3. The van der Waals surface area contributed by atoms with Gasteiger partial charge in [-0.1, -0.05) is 11.6 Å². The Kier molecular flexibility index (Phi) is 4.92. The molecule has 1 aromatic heterocycles. The number of benzene rings is 1. The fourth-order valence-electron chi connectivity index (χ4n) is 1.54. The average Bonchev–Trinajstić information content (AvgIpc) is 2.79. The number of thiophene rings is 1. The first kappa shape index (κ1) is 16.3. The Morgan fingerprint density at radius 1 is 1.33 bits per heavy atom. The van der Waals surface area contributed by atoms with Gasteiger partial charge in [0.15, 0.2) is 4.21 Å². The van der Waals surface area contributed by atoms with Crippen LogP contribution in [0.15, 0.2) is 38.3 Å². The van der Waals surface area contributed by atoms with E-state index in [1.165, 1.54) is 25.1 Å². The summed E-state index contributed by atoms with van der Waals surface area (Å²) in [5.74, 6) is -0.257. The van der Waals surface area contributed by atoms with Crippen LogP contribution >= 0.6 is 38.9 Å². The van der Waals surface area contributed by atoms with Crippen molar-refractivity contribution in [3.8, 4) is 0 Å². The molecule has 112 valence electrons. The van der Waals surface area contributed by atoms with Crippen molar-refractivity contribution in [3.63, 3.8) is 0 Å². The fourth-order valence-corrected chi connectivity index (χ4v) is 5.16. The summed E-state index contributed by atoms with van der Waals surface area (Å²) < 4.78 is 27.6. The van der Waals surface area contributed by atoms with E-state index in [0.717, 1.165) is 11.3 Å². The molecule has 0 saturated carbocycles. The average molecular weight is 410 g/mol. The number of halogens is 2. The monoisotopic (exact) mass is 408 g/mol. The quantitative estimate of drug-likeness (QED) is 0.803. The van der Waals surface area contributed by atoms with Crippen LogP contribution in [0.2, 0.25) is 5.02 Å². The van der Waals surface area contributed by atoms with Crippen molar-refractivity contribution in [1.82, 2.24) is 0 Å². The van der Waals surface area contributed by atoms with E-state index in [4.69, 9.17) is 11.6 Å². The molecule has 2 rings (SSSR count). The van der Waals surface area contributed by atoms with Gasteiger partial charge in [-0.05, 0) is 45.6 Å². The summed E-state index contributed by atoms with van der Waals surface area (Å²) in [5, 5.41) is 4.46. The summed E-state index contributed by atoms with van der Waals surface area (Å²) in [6.45, 7) is 1.36. The van der Waals surface area contributed by atoms with Gasteiger partial charge in [0.25, 0.3) is 10.0 Å². The van der Waals surface area contributed by atoms with E-state index in [0.29, 0.717) is 15.8 Å². The van der Waals surface area contributed by atoms with Gasteiger partial charge in [0.1, 0.15) is 0 Å². The smallest absolute Gasteiger partial charge is 0.272 e. The van der Waals surface area contributed by atoms with Crippen LogP contribution in [-0.2, 0) is 14.8 Å². The molecule has 2 aromatic rings. The number of nitrogens with one attached hydrogen (secondary N) is 2. The number of carbonyl (C=O) groups excluding carboxylic acids is 1. The van der Waals surface area contributed by atoms with Crippen LogP contribution in [0.25, 0.3) is 0 Å². The Balaban J connectivity index is 2.26. The Bertz CT molecular complexity index is 790. The molecule has 5 nitrogen and oxygen atoms in total. The Hall–Kier alpha value is -1.09. The third-order valence-corrected chi connectivity index (χ3v) is 6.72. The lowest BCUT2D eigenvalue weighted by Gasteiger charge is -2.10. The van der Waals surface area contributed by atoms with Crippen molar-refractivity contribution >= 4 is 66.2 Å². The van der Waals surface area contributed by atoms with Crippen LogP contribution in [-0.4, -0.2) is 14.3 Å². The van der Waals surface area contributed by atoms with E-state index < -0.39 is 10.0 Å². The van der Waals surface area contributed by atoms with Crippen LogP contribution in [0, 0.1) is 0 Å². The lowest BCUT2D eigenvalue weighted by Crippen LogP contribution is -2.12. The SMILES string of the molecule is CC(=O)Nc1ccc(NS(=O)(=O)c2sccc2Br)cc1Cl. The number of hydrogen-bond acceptors (Lipinski definition) is 4. The van der Waals surface area contributed by atoms with E-state index in [1.807, 2.05) is 0 Å². The van der Waals surface area contributed by atoms with Crippen molar-refractivity contribution in [2.75, 3.05) is 10.0 Å². The molecular formula is C12H10BrClN2O3S2. The van der Waals surface area contributed by atoms with Crippen LogP contribution in [0.1, 0.15) is 6.92 Å². The summed E-state index contributed by atoms with van der Waals surface area (Å²) in [6, 6.07) is 6.15. The second-order valence-corrected chi connectivity index (χ2v) is 8.09. The van der Waals surface area contributed by atoms with Crippen molar-refractivity contribution in [1.29, 1.82) is 0 Å². The molecule has 0 saturated heterocycles. The second-order valence-electron chi connectivity index (χ2n) is 4.04. The summed E-state index contributed by atoms with van der Waals surface area (Å²) in [4.78, 5) is 11.0. The minimum Gasteiger partial charge on any atom is -0.325 e. The number of rotatable bonds is 4. The molecule has 2 N–H and O–H groups in total. The molecule has 9 heteroatoms. The molecule has 1 amide bonds. The first-order chi connectivity index (χ1) is 9.79. The van der Waals surface area contributed by atoms with Crippen molar-refractivity contribution in [3.05, 3.63) is 39.1 Å². The first-order valence-electron chi connectivity index (χ1n) is 5.62. The highest BCUT2D eigenvalue weighted by Crippen LogP contribution is 2.31. The van der Waals surface area contributed by atoms with Crippen LogP contribution in [0.4, 0.5) is 11.4 Å². The molecule has 1 heterocycles. The van der Waals surface area contributed by atoms with Crippen LogP contribution in [0.3, 0.4) is 0 Å². The van der Waals surface area contributed by atoms with Gasteiger partial charge in [-0.2, -0.15) is 0 Å². The highest BCUT2D eigenvalue weighted by molar-refractivity contribution is 9.10. The highest BCUT2D eigenvalue weighted by atomic mass is 79.9. The molecule has 0 unspecified atom stereocenters. The first-order valence-corrected chi connectivity index (χ1v) is 9.16. The normalized spacial score (nSPS) is 11.2.